The van der Waals surface area contributed by atoms with E-state index in [2.05, 4.69) is 11.9 Å². The fourth-order valence-corrected chi connectivity index (χ4v) is 2.48. The van der Waals surface area contributed by atoms with Gasteiger partial charge in [-0.05, 0) is 30.7 Å². The number of aliphatic hydroxyl groups excluding tert-OH is 1. The van der Waals surface area contributed by atoms with Crippen LogP contribution >= 0.6 is 0 Å². The Hall–Kier alpha value is -0.960. The van der Waals surface area contributed by atoms with Crippen LogP contribution in [0.1, 0.15) is 44.3 Å². The van der Waals surface area contributed by atoms with Gasteiger partial charge in [-0.15, -0.1) is 0 Å². The minimum absolute atomic E-state index is 0.202. The van der Waals surface area contributed by atoms with Gasteiger partial charge in [0.1, 0.15) is 5.82 Å². The van der Waals surface area contributed by atoms with E-state index in [-0.39, 0.29) is 5.92 Å². The predicted octanol–water partition coefficient (Wildman–Crippen LogP) is 3.08. The van der Waals surface area contributed by atoms with Crippen molar-refractivity contribution in [1.29, 1.82) is 0 Å². The molecule has 1 aliphatic carbocycles. The van der Waals surface area contributed by atoms with E-state index in [1.165, 1.54) is 12.4 Å². The zero-order valence-electron chi connectivity index (χ0n) is 9.56. The van der Waals surface area contributed by atoms with Crippen molar-refractivity contribution in [3.8, 4) is 0 Å². The van der Waals surface area contributed by atoms with E-state index in [0.29, 0.717) is 5.56 Å². The molecule has 1 fully saturated rings. The monoisotopic (exact) mass is 223 g/mol. The molecule has 0 saturated heterocycles. The Morgan fingerprint density at radius 2 is 2.06 bits per heavy atom. The van der Waals surface area contributed by atoms with Crippen LogP contribution in [-0.4, -0.2) is 10.1 Å². The number of rotatable bonds is 2. The van der Waals surface area contributed by atoms with Gasteiger partial charge in [0, 0.05) is 11.8 Å². The first kappa shape index (κ1) is 11.5. The Balaban J connectivity index is 2.07. The molecule has 0 amide bonds. The summed E-state index contributed by atoms with van der Waals surface area (Å²) in [6.07, 6.45) is 6.28. The highest BCUT2D eigenvalue weighted by atomic mass is 19.1. The Morgan fingerprint density at radius 3 is 2.69 bits per heavy atom. The van der Waals surface area contributed by atoms with Crippen LogP contribution < -0.4 is 0 Å². The van der Waals surface area contributed by atoms with Gasteiger partial charge in [0.25, 0.3) is 0 Å². The quantitative estimate of drug-likeness (QED) is 0.835. The van der Waals surface area contributed by atoms with Gasteiger partial charge < -0.3 is 5.11 Å². The smallest absolute Gasteiger partial charge is 0.147 e. The van der Waals surface area contributed by atoms with Crippen molar-refractivity contribution in [2.45, 2.75) is 38.7 Å². The summed E-state index contributed by atoms with van der Waals surface area (Å²) in [4.78, 5) is 3.70. The van der Waals surface area contributed by atoms with Gasteiger partial charge in [-0.25, -0.2) is 4.39 Å². The molecule has 0 aliphatic heterocycles. The minimum Gasteiger partial charge on any atom is -0.388 e. The van der Waals surface area contributed by atoms with Crippen LogP contribution in [0.4, 0.5) is 4.39 Å². The lowest BCUT2D eigenvalue weighted by Crippen LogP contribution is -2.20. The van der Waals surface area contributed by atoms with Crippen molar-refractivity contribution in [1.82, 2.24) is 4.98 Å². The Morgan fingerprint density at radius 1 is 1.38 bits per heavy atom. The summed E-state index contributed by atoms with van der Waals surface area (Å²) in [5.74, 6) is 0.549. The Kier molecular flexibility index (Phi) is 3.54. The maximum absolute atomic E-state index is 13.4. The fourth-order valence-electron chi connectivity index (χ4n) is 2.48. The fraction of sp³-hybridized carbons (Fsp3) is 0.615. The number of aromatic nitrogens is 1. The molecule has 1 unspecified atom stereocenters. The maximum atomic E-state index is 13.4. The molecule has 16 heavy (non-hydrogen) atoms. The van der Waals surface area contributed by atoms with Gasteiger partial charge in [-0.2, -0.15) is 0 Å². The van der Waals surface area contributed by atoms with Gasteiger partial charge in [-0.3, -0.25) is 4.98 Å². The molecule has 0 radical (unpaired) electrons. The van der Waals surface area contributed by atoms with Gasteiger partial charge in [0.05, 0.1) is 12.3 Å². The van der Waals surface area contributed by atoms with E-state index in [9.17, 15) is 9.50 Å². The van der Waals surface area contributed by atoms with Gasteiger partial charge in [0.2, 0.25) is 0 Å². The molecule has 0 aromatic carbocycles. The third-order valence-corrected chi connectivity index (χ3v) is 3.63. The number of hydrogen-bond donors (Lipinski definition) is 1. The second-order valence-electron chi connectivity index (χ2n) is 4.86. The first-order valence-electron chi connectivity index (χ1n) is 5.96. The molecule has 1 aromatic heterocycles. The molecule has 0 spiro atoms. The van der Waals surface area contributed by atoms with Crippen LogP contribution in [0, 0.1) is 17.7 Å². The third kappa shape index (κ3) is 2.40. The molecule has 1 saturated carbocycles. The van der Waals surface area contributed by atoms with E-state index in [1.54, 1.807) is 6.07 Å². The van der Waals surface area contributed by atoms with Crippen LogP contribution in [0.25, 0.3) is 0 Å². The predicted molar refractivity (Wildman–Crippen MR) is 60.3 cm³/mol. The van der Waals surface area contributed by atoms with Crippen LogP contribution in [0.2, 0.25) is 0 Å². The minimum atomic E-state index is -0.671. The second kappa shape index (κ2) is 4.91. The summed E-state index contributed by atoms with van der Waals surface area (Å²) < 4.78 is 13.4. The van der Waals surface area contributed by atoms with Gasteiger partial charge in [-0.1, -0.05) is 19.8 Å². The summed E-state index contributed by atoms with van der Waals surface area (Å²) in [6, 6.07) is 1.58. The molecule has 1 heterocycles. The summed E-state index contributed by atoms with van der Waals surface area (Å²) in [6.45, 7) is 2.23. The summed E-state index contributed by atoms with van der Waals surface area (Å²) in [5.41, 5.74) is 0.398. The Labute approximate surface area is 95.5 Å². The lowest BCUT2D eigenvalue weighted by atomic mass is 9.78. The van der Waals surface area contributed by atoms with Crippen LogP contribution in [0.3, 0.4) is 0 Å². The molecular weight excluding hydrogens is 205 g/mol. The zero-order valence-corrected chi connectivity index (χ0v) is 9.56. The van der Waals surface area contributed by atoms with E-state index in [4.69, 9.17) is 0 Å². The van der Waals surface area contributed by atoms with Crippen molar-refractivity contribution in [2.24, 2.45) is 11.8 Å². The highest BCUT2D eigenvalue weighted by molar-refractivity contribution is 5.16. The van der Waals surface area contributed by atoms with Crippen LogP contribution in [0.5, 0.6) is 0 Å². The van der Waals surface area contributed by atoms with Gasteiger partial charge >= 0.3 is 0 Å². The topological polar surface area (TPSA) is 33.1 Å². The van der Waals surface area contributed by atoms with Crippen LogP contribution in [0.15, 0.2) is 18.5 Å². The average molecular weight is 223 g/mol. The highest BCUT2D eigenvalue weighted by Crippen LogP contribution is 2.37. The van der Waals surface area contributed by atoms with E-state index in [0.717, 1.165) is 31.6 Å². The summed E-state index contributed by atoms with van der Waals surface area (Å²) >= 11 is 0. The SMILES string of the molecule is CC1CCC(C(O)c2ccncc2F)CC1. The van der Waals surface area contributed by atoms with Crippen molar-refractivity contribution in [2.75, 3.05) is 0 Å². The van der Waals surface area contributed by atoms with E-state index >= 15 is 0 Å². The maximum Gasteiger partial charge on any atom is 0.147 e. The molecule has 1 atom stereocenters. The number of hydrogen-bond acceptors (Lipinski definition) is 2. The molecular formula is C13H18FNO. The standard InChI is InChI=1S/C13H18FNO/c1-9-2-4-10(5-3-9)13(16)11-6-7-15-8-12(11)14/h6-10,13,16H,2-5H2,1H3. The molecule has 2 nitrogen and oxygen atoms in total. The second-order valence-corrected chi connectivity index (χ2v) is 4.86. The highest BCUT2D eigenvalue weighted by Gasteiger charge is 2.27. The lowest BCUT2D eigenvalue weighted by molar-refractivity contribution is 0.0725. The largest absolute Gasteiger partial charge is 0.388 e. The third-order valence-electron chi connectivity index (χ3n) is 3.63. The number of aliphatic hydroxyl groups is 1. The summed E-state index contributed by atoms with van der Waals surface area (Å²) in [7, 11) is 0. The number of pyridine rings is 1. The normalized spacial score (nSPS) is 27.7. The van der Waals surface area contributed by atoms with Crippen LogP contribution in [-0.2, 0) is 0 Å². The first-order chi connectivity index (χ1) is 7.68. The summed E-state index contributed by atoms with van der Waals surface area (Å²) in [5, 5.41) is 10.1. The molecule has 1 N–H and O–H groups in total. The number of nitrogens with zero attached hydrogens (tertiary/aromatic N) is 1. The Bertz CT molecular complexity index is 348. The molecule has 3 heteroatoms. The lowest BCUT2D eigenvalue weighted by Gasteiger charge is -2.30. The molecule has 1 aliphatic rings. The molecule has 1 aromatic rings. The van der Waals surface area contributed by atoms with E-state index in [1.807, 2.05) is 0 Å². The van der Waals surface area contributed by atoms with Crippen molar-refractivity contribution in [3.63, 3.8) is 0 Å². The van der Waals surface area contributed by atoms with Crippen molar-refractivity contribution in [3.05, 3.63) is 29.8 Å². The molecule has 2 rings (SSSR count). The average Bonchev–Trinajstić information content (AvgIpc) is 2.30. The molecule has 0 bridgehead atoms. The zero-order chi connectivity index (χ0) is 11.5. The van der Waals surface area contributed by atoms with Gasteiger partial charge in [0.15, 0.2) is 0 Å². The van der Waals surface area contributed by atoms with Crippen molar-refractivity contribution >= 4 is 0 Å². The molecule has 88 valence electrons. The first-order valence-corrected chi connectivity index (χ1v) is 5.96. The number of halogens is 1. The van der Waals surface area contributed by atoms with E-state index < -0.39 is 11.9 Å². The van der Waals surface area contributed by atoms with Crippen molar-refractivity contribution < 1.29 is 9.50 Å².